The minimum Gasteiger partial charge on any atom is -0.382 e. The molecule has 1 rings (SSSR count). The molecule has 9 nitrogen and oxygen atoms in total. The van der Waals surface area contributed by atoms with Crippen molar-refractivity contribution in [1.29, 1.82) is 16.2 Å². The Morgan fingerprint density at radius 3 is 2.14 bits per heavy atom. The number of hydrogen-bond acceptors (Lipinski definition) is 5. The van der Waals surface area contributed by atoms with Crippen LogP contribution in [0.25, 0.3) is 0 Å². The Labute approximate surface area is 170 Å². The number of thiazole rings is 1. The van der Waals surface area contributed by atoms with E-state index in [-0.39, 0.29) is 11.8 Å². The standard InChI is InChI=1S/C18H31N9S/c19-16(20)14-13-28-15(27-14)9-5-4-8-12-26-18(23)25-11-7-3-1-2-6-10-24-17(21)22/h13H,1-4,6-8,10-12H2,(H3,19,20)(H4,21,22,24)(H3,23,25,26). The fraction of sp³-hybridized carbons (Fsp3) is 0.556. The summed E-state index contributed by atoms with van der Waals surface area (Å²) in [7, 11) is 0. The van der Waals surface area contributed by atoms with Crippen molar-refractivity contribution in [2.24, 2.45) is 11.5 Å². The molecule has 0 saturated carbocycles. The zero-order valence-corrected chi connectivity index (χ0v) is 17.0. The molecule has 0 fully saturated rings. The lowest BCUT2D eigenvalue weighted by Gasteiger charge is -2.09. The number of nitrogens with one attached hydrogen (secondary N) is 6. The fourth-order valence-corrected chi connectivity index (χ4v) is 2.95. The van der Waals surface area contributed by atoms with Crippen molar-refractivity contribution < 1.29 is 0 Å². The second-order valence-corrected chi connectivity index (χ2v) is 7.05. The van der Waals surface area contributed by atoms with Crippen molar-refractivity contribution >= 4 is 29.1 Å². The summed E-state index contributed by atoms with van der Waals surface area (Å²) in [5, 5.41) is 33.5. The Hall–Kier alpha value is -2.80. The van der Waals surface area contributed by atoms with Gasteiger partial charge in [0.25, 0.3) is 0 Å². The van der Waals surface area contributed by atoms with Crippen molar-refractivity contribution in [2.75, 3.05) is 19.6 Å². The van der Waals surface area contributed by atoms with Crippen LogP contribution in [0.2, 0.25) is 0 Å². The Morgan fingerprint density at radius 1 is 0.929 bits per heavy atom. The van der Waals surface area contributed by atoms with E-state index in [0.717, 1.165) is 51.6 Å². The van der Waals surface area contributed by atoms with E-state index in [1.54, 1.807) is 5.38 Å². The van der Waals surface area contributed by atoms with Crippen molar-refractivity contribution in [3.05, 3.63) is 16.1 Å². The van der Waals surface area contributed by atoms with Crippen LogP contribution in [0.4, 0.5) is 0 Å². The summed E-state index contributed by atoms with van der Waals surface area (Å²) in [5.41, 5.74) is 11.1. The lowest BCUT2D eigenvalue weighted by atomic mass is 10.1. The summed E-state index contributed by atoms with van der Waals surface area (Å²) in [6.07, 6.45) is 7.00. The average molecular weight is 406 g/mol. The fourth-order valence-electron chi connectivity index (χ4n) is 2.26. The minimum absolute atomic E-state index is 0.0324. The molecular weight excluding hydrogens is 374 g/mol. The topological polar surface area (TPSA) is 173 Å². The zero-order valence-electron chi connectivity index (χ0n) is 16.2. The molecule has 154 valence electrons. The normalized spacial score (nSPS) is 9.86. The number of amidine groups is 1. The highest BCUT2D eigenvalue weighted by molar-refractivity contribution is 7.10. The molecular formula is C18H31N9S. The molecule has 0 bridgehead atoms. The quantitative estimate of drug-likeness (QED) is 0.112. The van der Waals surface area contributed by atoms with E-state index in [2.05, 4.69) is 32.8 Å². The maximum atomic E-state index is 7.82. The van der Waals surface area contributed by atoms with Crippen LogP contribution in [-0.4, -0.2) is 42.4 Å². The lowest BCUT2D eigenvalue weighted by molar-refractivity contribution is 0.598. The molecule has 1 heterocycles. The van der Waals surface area contributed by atoms with Crippen LogP contribution >= 0.6 is 11.3 Å². The van der Waals surface area contributed by atoms with Gasteiger partial charge in [0.05, 0.1) is 0 Å². The van der Waals surface area contributed by atoms with Crippen molar-refractivity contribution in [2.45, 2.75) is 44.9 Å². The largest absolute Gasteiger partial charge is 0.382 e. The van der Waals surface area contributed by atoms with E-state index >= 15 is 0 Å². The van der Waals surface area contributed by atoms with Crippen molar-refractivity contribution in [1.82, 2.24) is 20.9 Å². The summed E-state index contributed by atoms with van der Waals surface area (Å²) in [6, 6.07) is 0. The molecule has 0 aromatic carbocycles. The molecule has 0 spiro atoms. The summed E-state index contributed by atoms with van der Waals surface area (Å²) >= 11 is 1.38. The van der Waals surface area contributed by atoms with E-state index in [1.807, 2.05) is 0 Å². The molecule has 10 N–H and O–H groups in total. The molecule has 10 heteroatoms. The van der Waals surface area contributed by atoms with E-state index in [1.165, 1.54) is 11.3 Å². The van der Waals surface area contributed by atoms with Crippen LogP contribution < -0.4 is 27.4 Å². The molecule has 0 aliphatic rings. The molecule has 28 heavy (non-hydrogen) atoms. The number of nitrogens with two attached hydrogens (primary N) is 2. The van der Waals surface area contributed by atoms with Crippen LogP contribution in [0.1, 0.15) is 55.6 Å². The Morgan fingerprint density at radius 2 is 1.54 bits per heavy atom. The molecule has 1 aromatic rings. The number of hydrogen-bond donors (Lipinski definition) is 8. The SMILES string of the molecule is N=C(N)NCCCCCCCNC(=N)NCCCC#Cc1nc(C(=N)N)cs1. The Kier molecular flexibility index (Phi) is 11.9. The van der Waals surface area contributed by atoms with Gasteiger partial charge in [-0.15, -0.1) is 11.3 Å². The van der Waals surface area contributed by atoms with Crippen molar-refractivity contribution in [3.8, 4) is 11.8 Å². The van der Waals surface area contributed by atoms with E-state index < -0.39 is 0 Å². The highest BCUT2D eigenvalue weighted by Gasteiger charge is 2.01. The van der Waals surface area contributed by atoms with Gasteiger partial charge < -0.3 is 27.4 Å². The maximum absolute atomic E-state index is 7.82. The Balaban J connectivity index is 1.95. The van der Waals surface area contributed by atoms with Gasteiger partial charge in [-0.3, -0.25) is 16.2 Å². The summed E-state index contributed by atoms with van der Waals surface area (Å²) in [6.45, 7) is 2.25. The predicted molar refractivity (Wildman–Crippen MR) is 116 cm³/mol. The molecule has 0 saturated heterocycles. The lowest BCUT2D eigenvalue weighted by Crippen LogP contribution is -2.37. The van der Waals surface area contributed by atoms with E-state index in [9.17, 15) is 0 Å². The first kappa shape index (κ1) is 23.2. The number of nitrogens with zero attached hydrogens (tertiary/aromatic N) is 1. The maximum Gasteiger partial charge on any atom is 0.188 e. The third-order valence-electron chi connectivity index (χ3n) is 3.73. The van der Waals surface area contributed by atoms with Gasteiger partial charge in [0.2, 0.25) is 0 Å². The number of aromatic nitrogens is 1. The average Bonchev–Trinajstić information content (AvgIpc) is 3.12. The summed E-state index contributed by atoms with van der Waals surface area (Å²) in [4.78, 5) is 4.15. The first-order valence-corrected chi connectivity index (χ1v) is 10.3. The number of unbranched alkanes of at least 4 members (excludes halogenated alkanes) is 5. The van der Waals surface area contributed by atoms with Crippen LogP contribution in [0.15, 0.2) is 5.38 Å². The van der Waals surface area contributed by atoms with Gasteiger partial charge in [-0.2, -0.15) is 0 Å². The number of guanidine groups is 2. The molecule has 0 radical (unpaired) electrons. The van der Waals surface area contributed by atoms with Gasteiger partial charge in [0.1, 0.15) is 11.5 Å². The van der Waals surface area contributed by atoms with Gasteiger partial charge >= 0.3 is 0 Å². The molecule has 1 aromatic heterocycles. The van der Waals surface area contributed by atoms with Gasteiger partial charge in [-0.05, 0) is 25.2 Å². The van der Waals surface area contributed by atoms with Gasteiger partial charge in [0.15, 0.2) is 16.9 Å². The molecule has 0 amide bonds. The number of nitrogen functional groups attached to an aromatic ring is 1. The monoisotopic (exact) mass is 405 g/mol. The van der Waals surface area contributed by atoms with Gasteiger partial charge in [-0.25, -0.2) is 4.98 Å². The summed E-state index contributed by atoms with van der Waals surface area (Å²) in [5.74, 6) is 6.36. The van der Waals surface area contributed by atoms with Crippen LogP contribution in [0, 0.1) is 28.1 Å². The first-order chi connectivity index (χ1) is 13.5. The second kappa shape index (κ2) is 14.3. The van der Waals surface area contributed by atoms with Gasteiger partial charge in [0, 0.05) is 31.4 Å². The van der Waals surface area contributed by atoms with Crippen LogP contribution in [0.5, 0.6) is 0 Å². The highest BCUT2D eigenvalue weighted by Crippen LogP contribution is 2.07. The molecule has 0 unspecified atom stereocenters. The molecule has 0 aliphatic heterocycles. The minimum atomic E-state index is -0.0403. The van der Waals surface area contributed by atoms with Crippen molar-refractivity contribution in [3.63, 3.8) is 0 Å². The second-order valence-electron chi connectivity index (χ2n) is 6.19. The highest BCUT2D eigenvalue weighted by atomic mass is 32.1. The van der Waals surface area contributed by atoms with E-state index in [0.29, 0.717) is 29.6 Å². The Bertz CT molecular complexity index is 687. The van der Waals surface area contributed by atoms with Crippen LogP contribution in [0.3, 0.4) is 0 Å². The predicted octanol–water partition coefficient (Wildman–Crippen LogP) is 1.11. The smallest absolute Gasteiger partial charge is 0.188 e. The zero-order chi connectivity index (χ0) is 20.6. The third-order valence-corrected chi connectivity index (χ3v) is 4.48. The van der Waals surface area contributed by atoms with E-state index in [4.69, 9.17) is 27.7 Å². The summed E-state index contributed by atoms with van der Waals surface area (Å²) < 4.78 is 0. The molecule has 0 atom stereocenters. The first-order valence-electron chi connectivity index (χ1n) is 9.42. The third kappa shape index (κ3) is 11.7. The number of rotatable bonds is 12. The van der Waals surface area contributed by atoms with Gasteiger partial charge in [-0.1, -0.05) is 25.2 Å². The molecule has 0 aliphatic carbocycles. The van der Waals surface area contributed by atoms with Crippen LogP contribution in [-0.2, 0) is 0 Å².